The van der Waals surface area contributed by atoms with Crippen LogP contribution in [-0.2, 0) is 14.9 Å². The first-order valence-electron chi connectivity index (χ1n) is 9.78. The lowest BCUT2D eigenvalue weighted by Gasteiger charge is -2.22. The Labute approximate surface area is 189 Å². The molecule has 0 radical (unpaired) electrons. The van der Waals surface area contributed by atoms with Gasteiger partial charge in [0.2, 0.25) is 5.91 Å². The van der Waals surface area contributed by atoms with Crippen molar-refractivity contribution in [2.75, 3.05) is 22.8 Å². The van der Waals surface area contributed by atoms with E-state index in [4.69, 9.17) is 0 Å². The van der Waals surface area contributed by atoms with E-state index >= 15 is 0 Å². The number of hydrazine groups is 1. The fourth-order valence-electron chi connectivity index (χ4n) is 3.54. The zero-order chi connectivity index (χ0) is 23.9. The van der Waals surface area contributed by atoms with Gasteiger partial charge in [-0.25, -0.2) is 0 Å². The third-order valence-corrected chi connectivity index (χ3v) is 6.20. The summed E-state index contributed by atoms with van der Waals surface area (Å²) in [5, 5.41) is 0. The molecule has 0 bridgehead atoms. The fourth-order valence-corrected chi connectivity index (χ4v) is 4.07. The minimum atomic E-state index is -4.65. The number of ketones is 2. The van der Waals surface area contributed by atoms with E-state index in [9.17, 15) is 27.4 Å². The molecule has 3 N–H and O–H groups in total. The predicted octanol–water partition coefficient (Wildman–Crippen LogP) is 3.13. The summed E-state index contributed by atoms with van der Waals surface area (Å²) in [6, 6.07) is 15.1. The van der Waals surface area contributed by atoms with E-state index in [1.807, 2.05) is 0 Å². The second-order valence-electron chi connectivity index (χ2n) is 7.45. The number of benzene rings is 3. The number of nitrogens with zero attached hydrogens (tertiary/aromatic N) is 1. The Hall–Kier alpha value is -4.02. The van der Waals surface area contributed by atoms with Crippen LogP contribution >= 0.6 is 0 Å². The zero-order valence-electron chi connectivity index (χ0n) is 17.6. The maximum atomic E-state index is 13.2. The van der Waals surface area contributed by atoms with E-state index in [1.54, 1.807) is 43.4 Å². The van der Waals surface area contributed by atoms with Crippen LogP contribution in [0, 0.1) is 0 Å². The van der Waals surface area contributed by atoms with Gasteiger partial charge in [-0.1, -0.05) is 24.3 Å². The van der Waals surface area contributed by atoms with Crippen molar-refractivity contribution in [3.8, 4) is 0 Å². The minimum Gasteiger partial charge on any atom is -0.316 e. The van der Waals surface area contributed by atoms with Crippen molar-refractivity contribution in [2.24, 2.45) is 0 Å². The van der Waals surface area contributed by atoms with Crippen molar-refractivity contribution in [3.63, 3.8) is 0 Å². The molecule has 3 aromatic carbocycles. The summed E-state index contributed by atoms with van der Waals surface area (Å²) in [6.07, 6.45) is 0. The van der Waals surface area contributed by atoms with Gasteiger partial charge in [-0.2, -0.15) is 8.42 Å². The number of fused-ring (bicyclic) bond motifs is 2. The predicted molar refractivity (Wildman–Crippen MR) is 122 cm³/mol. The van der Waals surface area contributed by atoms with Gasteiger partial charge in [0, 0.05) is 36.3 Å². The molecule has 4 rings (SSSR count). The van der Waals surface area contributed by atoms with Gasteiger partial charge in [0.15, 0.2) is 11.6 Å². The molecular formula is C23H19N3O6S. The summed E-state index contributed by atoms with van der Waals surface area (Å²) >= 11 is 0. The molecule has 0 unspecified atom stereocenters. The van der Waals surface area contributed by atoms with Crippen molar-refractivity contribution in [3.05, 3.63) is 82.9 Å². The highest BCUT2D eigenvalue weighted by Gasteiger charge is 2.33. The van der Waals surface area contributed by atoms with Gasteiger partial charge in [-0.15, -0.1) is 0 Å². The Balaban J connectivity index is 1.73. The van der Waals surface area contributed by atoms with Gasteiger partial charge in [0.05, 0.1) is 21.8 Å². The Morgan fingerprint density at radius 3 is 2.06 bits per heavy atom. The molecule has 3 aromatic rings. The van der Waals surface area contributed by atoms with Gasteiger partial charge in [0.25, 0.3) is 10.1 Å². The molecule has 0 aliphatic heterocycles. The fraction of sp³-hybridized carbons (Fsp3) is 0.0870. The van der Waals surface area contributed by atoms with Gasteiger partial charge in [-0.3, -0.25) is 18.9 Å². The number of amides is 1. The van der Waals surface area contributed by atoms with E-state index in [1.165, 1.54) is 24.0 Å². The van der Waals surface area contributed by atoms with Crippen molar-refractivity contribution >= 4 is 44.7 Å². The standard InChI is InChI=1S/C23H19N3O6S/c1-13(27)26(2)15-9-7-14(8-10-15)24-25-20-12-16(33(30,31)32)11-19-21(20)23(29)18-6-4-3-5-17(18)22(19)28/h3-12,24-25H,1-2H3,(H,30,31,32). The Bertz CT molecular complexity index is 1410. The molecule has 0 saturated carbocycles. The summed E-state index contributed by atoms with van der Waals surface area (Å²) in [5.41, 5.74) is 7.07. The van der Waals surface area contributed by atoms with E-state index in [2.05, 4.69) is 10.9 Å². The molecule has 0 atom stereocenters. The normalized spacial score (nSPS) is 12.6. The van der Waals surface area contributed by atoms with Crippen molar-refractivity contribution in [2.45, 2.75) is 11.8 Å². The molecule has 0 heterocycles. The average Bonchev–Trinajstić information content (AvgIpc) is 2.79. The molecule has 10 heteroatoms. The number of hydrogen-bond acceptors (Lipinski definition) is 7. The number of anilines is 3. The van der Waals surface area contributed by atoms with E-state index < -0.39 is 26.6 Å². The highest BCUT2D eigenvalue weighted by Crippen LogP contribution is 2.34. The van der Waals surface area contributed by atoms with Gasteiger partial charge >= 0.3 is 0 Å². The molecule has 33 heavy (non-hydrogen) atoms. The monoisotopic (exact) mass is 465 g/mol. The molecule has 9 nitrogen and oxygen atoms in total. The summed E-state index contributed by atoms with van der Waals surface area (Å²) in [4.78, 5) is 38.6. The first-order valence-corrected chi connectivity index (χ1v) is 11.2. The average molecular weight is 465 g/mol. The van der Waals surface area contributed by atoms with Crippen LogP contribution in [0.15, 0.2) is 65.6 Å². The van der Waals surface area contributed by atoms with Crippen LogP contribution in [-0.4, -0.2) is 37.5 Å². The van der Waals surface area contributed by atoms with Crippen LogP contribution in [0.3, 0.4) is 0 Å². The van der Waals surface area contributed by atoms with Crippen LogP contribution in [0.25, 0.3) is 0 Å². The lowest BCUT2D eigenvalue weighted by Crippen LogP contribution is -2.24. The van der Waals surface area contributed by atoms with Gasteiger partial charge < -0.3 is 15.8 Å². The molecule has 168 valence electrons. The maximum absolute atomic E-state index is 13.2. The van der Waals surface area contributed by atoms with Crippen LogP contribution in [0.4, 0.5) is 17.1 Å². The highest BCUT2D eigenvalue weighted by atomic mass is 32.2. The Morgan fingerprint density at radius 2 is 1.48 bits per heavy atom. The number of carbonyl (C=O) groups is 3. The minimum absolute atomic E-state index is 0.00784. The molecule has 0 spiro atoms. The van der Waals surface area contributed by atoms with E-state index in [0.29, 0.717) is 11.4 Å². The number of carbonyl (C=O) groups excluding carboxylic acids is 3. The number of nitrogens with one attached hydrogen (secondary N) is 2. The SMILES string of the molecule is CC(=O)N(C)c1ccc(NNc2cc(S(=O)(=O)O)cc3c2C(=O)c2ccccc2C3=O)cc1. The largest absolute Gasteiger partial charge is 0.316 e. The smallest absolute Gasteiger partial charge is 0.294 e. The van der Waals surface area contributed by atoms with Crippen LogP contribution < -0.4 is 15.8 Å². The van der Waals surface area contributed by atoms with E-state index in [-0.39, 0.29) is 33.8 Å². The number of hydrogen-bond donors (Lipinski definition) is 3. The lowest BCUT2D eigenvalue weighted by atomic mass is 9.83. The first-order chi connectivity index (χ1) is 15.6. The van der Waals surface area contributed by atoms with Gasteiger partial charge in [-0.05, 0) is 36.4 Å². The number of rotatable bonds is 5. The molecular weight excluding hydrogens is 446 g/mol. The van der Waals surface area contributed by atoms with Crippen molar-refractivity contribution in [1.29, 1.82) is 0 Å². The third-order valence-electron chi connectivity index (χ3n) is 5.37. The zero-order valence-corrected chi connectivity index (χ0v) is 18.4. The third kappa shape index (κ3) is 4.09. The second kappa shape index (κ2) is 8.15. The van der Waals surface area contributed by atoms with Gasteiger partial charge in [0.1, 0.15) is 0 Å². The summed E-state index contributed by atoms with van der Waals surface area (Å²) in [7, 11) is -3.02. The summed E-state index contributed by atoms with van der Waals surface area (Å²) in [6.45, 7) is 1.44. The lowest BCUT2D eigenvalue weighted by molar-refractivity contribution is -0.116. The highest BCUT2D eigenvalue weighted by molar-refractivity contribution is 7.85. The molecule has 0 saturated heterocycles. The Kier molecular flexibility index (Phi) is 5.48. The van der Waals surface area contributed by atoms with Crippen LogP contribution in [0.5, 0.6) is 0 Å². The maximum Gasteiger partial charge on any atom is 0.294 e. The summed E-state index contributed by atoms with van der Waals surface area (Å²) in [5.74, 6) is -1.11. The van der Waals surface area contributed by atoms with Crippen molar-refractivity contribution < 1.29 is 27.4 Å². The van der Waals surface area contributed by atoms with E-state index in [0.717, 1.165) is 12.1 Å². The van der Waals surface area contributed by atoms with Crippen LogP contribution in [0.2, 0.25) is 0 Å². The molecule has 0 fully saturated rings. The molecule has 1 aliphatic carbocycles. The molecule has 1 aliphatic rings. The molecule has 1 amide bonds. The summed E-state index contributed by atoms with van der Waals surface area (Å²) < 4.78 is 33.2. The Morgan fingerprint density at radius 1 is 0.879 bits per heavy atom. The quantitative estimate of drug-likeness (QED) is 0.302. The van der Waals surface area contributed by atoms with Crippen LogP contribution in [0.1, 0.15) is 38.8 Å². The first kappa shape index (κ1) is 22.2. The van der Waals surface area contributed by atoms with Crippen molar-refractivity contribution in [1.82, 2.24) is 0 Å². The molecule has 0 aromatic heterocycles. The topological polar surface area (TPSA) is 133 Å². The second-order valence-corrected chi connectivity index (χ2v) is 8.87.